The van der Waals surface area contributed by atoms with Gasteiger partial charge in [-0.05, 0) is 0 Å². The second-order valence-electron chi connectivity index (χ2n) is 1.91. The lowest BCUT2D eigenvalue weighted by Crippen LogP contribution is -2.47. The number of hydrogen-bond donors (Lipinski definition) is 3. The van der Waals surface area contributed by atoms with Gasteiger partial charge in [0.05, 0.1) is 0 Å². The van der Waals surface area contributed by atoms with Crippen LogP contribution in [0.5, 0.6) is 0 Å². The van der Waals surface area contributed by atoms with E-state index in [-0.39, 0.29) is 0 Å². The standard InChI is InChI=1S/C5H10N2O4/c1-11-3(5(7)10)2(8)4(6)9/h2-3,8H,1H3,(H2,6,9)(H2,7,10)/t2-,3+/m1/s1. The van der Waals surface area contributed by atoms with Gasteiger partial charge in [0, 0.05) is 7.11 Å². The summed E-state index contributed by atoms with van der Waals surface area (Å²) in [5.41, 5.74) is 9.43. The predicted molar refractivity (Wildman–Crippen MR) is 35.2 cm³/mol. The van der Waals surface area contributed by atoms with E-state index in [1.54, 1.807) is 0 Å². The lowest BCUT2D eigenvalue weighted by Gasteiger charge is -2.14. The van der Waals surface area contributed by atoms with Gasteiger partial charge in [0.15, 0.2) is 12.2 Å². The minimum absolute atomic E-state index is 0.932. The molecule has 11 heavy (non-hydrogen) atoms. The first kappa shape index (κ1) is 9.86. The molecule has 0 aromatic rings. The van der Waals surface area contributed by atoms with E-state index in [9.17, 15) is 9.59 Å². The number of amides is 2. The Bertz CT molecular complexity index is 170. The molecule has 5 N–H and O–H groups in total. The lowest BCUT2D eigenvalue weighted by atomic mass is 10.2. The first-order valence-corrected chi connectivity index (χ1v) is 2.80. The van der Waals surface area contributed by atoms with Gasteiger partial charge in [-0.3, -0.25) is 9.59 Å². The maximum atomic E-state index is 10.4. The van der Waals surface area contributed by atoms with Gasteiger partial charge in [0.25, 0.3) is 0 Å². The van der Waals surface area contributed by atoms with Crippen molar-refractivity contribution in [3.05, 3.63) is 0 Å². The Hall–Kier alpha value is -1.14. The van der Waals surface area contributed by atoms with Gasteiger partial charge in [-0.2, -0.15) is 0 Å². The number of carbonyl (C=O) groups excluding carboxylic acids is 2. The molecule has 6 nitrogen and oxygen atoms in total. The van der Waals surface area contributed by atoms with Gasteiger partial charge >= 0.3 is 0 Å². The van der Waals surface area contributed by atoms with Crippen molar-refractivity contribution in [3.8, 4) is 0 Å². The fraction of sp³-hybridized carbons (Fsp3) is 0.600. The molecule has 0 aliphatic heterocycles. The normalized spacial score (nSPS) is 15.5. The Morgan fingerprint density at radius 1 is 1.36 bits per heavy atom. The van der Waals surface area contributed by atoms with E-state index in [0.29, 0.717) is 0 Å². The highest BCUT2D eigenvalue weighted by molar-refractivity contribution is 5.89. The number of aliphatic hydroxyl groups is 1. The van der Waals surface area contributed by atoms with Crippen LogP contribution < -0.4 is 11.5 Å². The summed E-state index contributed by atoms with van der Waals surface area (Å²) in [5.74, 6) is -1.98. The number of aliphatic hydroxyl groups excluding tert-OH is 1. The number of hydrogen-bond acceptors (Lipinski definition) is 4. The fourth-order valence-electron chi connectivity index (χ4n) is 0.550. The topological polar surface area (TPSA) is 116 Å². The molecule has 0 radical (unpaired) electrons. The van der Waals surface area contributed by atoms with Crippen molar-refractivity contribution in [2.75, 3.05) is 7.11 Å². The first-order valence-electron chi connectivity index (χ1n) is 2.80. The Labute approximate surface area is 63.1 Å². The van der Waals surface area contributed by atoms with Crippen LogP contribution >= 0.6 is 0 Å². The van der Waals surface area contributed by atoms with Crippen LogP contribution in [0.15, 0.2) is 0 Å². The van der Waals surface area contributed by atoms with E-state index in [1.807, 2.05) is 0 Å². The number of rotatable bonds is 4. The summed E-state index contributed by atoms with van der Waals surface area (Å²) in [6, 6.07) is 0. The van der Waals surface area contributed by atoms with Crippen molar-refractivity contribution in [3.63, 3.8) is 0 Å². The number of methoxy groups -OCH3 is 1. The highest BCUT2D eigenvalue weighted by Gasteiger charge is 2.28. The number of nitrogens with two attached hydrogens (primary N) is 2. The van der Waals surface area contributed by atoms with Crippen LogP contribution in [0.1, 0.15) is 0 Å². The summed E-state index contributed by atoms with van der Waals surface area (Å²) in [7, 11) is 1.14. The SMILES string of the molecule is CO[C@H](C(N)=O)[C@@H](O)C(N)=O. The van der Waals surface area contributed by atoms with Crippen molar-refractivity contribution in [2.24, 2.45) is 11.5 Å². The summed E-state index contributed by atoms with van der Waals surface area (Å²) >= 11 is 0. The molecule has 2 amide bonds. The first-order chi connectivity index (χ1) is 5.00. The maximum absolute atomic E-state index is 10.4. The molecule has 0 aliphatic carbocycles. The molecule has 0 unspecified atom stereocenters. The Kier molecular flexibility index (Phi) is 3.49. The number of carbonyl (C=O) groups is 2. The molecule has 0 bridgehead atoms. The third kappa shape index (κ3) is 2.52. The van der Waals surface area contributed by atoms with E-state index in [0.717, 1.165) is 7.11 Å². The van der Waals surface area contributed by atoms with Crippen LogP contribution in [0.25, 0.3) is 0 Å². The van der Waals surface area contributed by atoms with Gasteiger partial charge in [0.2, 0.25) is 11.8 Å². The van der Waals surface area contributed by atoms with E-state index in [2.05, 4.69) is 10.5 Å². The molecule has 6 heteroatoms. The Morgan fingerprint density at radius 3 is 1.91 bits per heavy atom. The maximum Gasteiger partial charge on any atom is 0.249 e. The molecular weight excluding hydrogens is 152 g/mol. The average Bonchev–Trinajstić information content (AvgIpc) is 1.88. The molecule has 0 saturated carbocycles. The molecule has 0 aromatic carbocycles. The molecule has 0 saturated heterocycles. The van der Waals surface area contributed by atoms with Crippen LogP contribution in [0, 0.1) is 0 Å². The van der Waals surface area contributed by atoms with Crippen molar-refractivity contribution in [1.82, 2.24) is 0 Å². The van der Waals surface area contributed by atoms with E-state index >= 15 is 0 Å². The zero-order chi connectivity index (χ0) is 9.02. The van der Waals surface area contributed by atoms with Gasteiger partial charge in [-0.1, -0.05) is 0 Å². The van der Waals surface area contributed by atoms with E-state index in [4.69, 9.17) is 10.8 Å². The molecule has 2 atom stereocenters. The predicted octanol–water partition coefficient (Wildman–Crippen LogP) is -2.67. The van der Waals surface area contributed by atoms with Crippen LogP contribution in [0.3, 0.4) is 0 Å². The summed E-state index contributed by atoms with van der Waals surface area (Å²) < 4.78 is 4.41. The van der Waals surface area contributed by atoms with Crippen molar-refractivity contribution in [2.45, 2.75) is 12.2 Å². The van der Waals surface area contributed by atoms with Crippen LogP contribution in [0.2, 0.25) is 0 Å². The summed E-state index contributed by atoms with van der Waals surface area (Å²) in [6.07, 6.45) is -3.05. The zero-order valence-corrected chi connectivity index (χ0v) is 5.98. The lowest BCUT2D eigenvalue weighted by molar-refractivity contribution is -0.144. The van der Waals surface area contributed by atoms with Crippen LogP contribution in [-0.4, -0.2) is 36.2 Å². The second kappa shape index (κ2) is 3.89. The van der Waals surface area contributed by atoms with Gasteiger partial charge in [0.1, 0.15) is 0 Å². The quantitative estimate of drug-likeness (QED) is 0.418. The molecule has 0 heterocycles. The molecule has 64 valence electrons. The van der Waals surface area contributed by atoms with Crippen LogP contribution in [0.4, 0.5) is 0 Å². The molecule has 0 spiro atoms. The van der Waals surface area contributed by atoms with E-state index < -0.39 is 24.0 Å². The highest BCUT2D eigenvalue weighted by Crippen LogP contribution is 1.95. The summed E-state index contributed by atoms with van der Waals surface area (Å²) in [4.78, 5) is 20.7. The molecule has 0 aromatic heterocycles. The average molecular weight is 162 g/mol. The zero-order valence-electron chi connectivity index (χ0n) is 5.98. The minimum Gasteiger partial charge on any atom is -0.380 e. The summed E-state index contributed by atoms with van der Waals surface area (Å²) in [5, 5.41) is 8.86. The third-order valence-electron chi connectivity index (χ3n) is 1.11. The van der Waals surface area contributed by atoms with Gasteiger partial charge in [-0.25, -0.2) is 0 Å². The van der Waals surface area contributed by atoms with Crippen molar-refractivity contribution in [1.29, 1.82) is 0 Å². The second-order valence-corrected chi connectivity index (χ2v) is 1.91. The summed E-state index contributed by atoms with van der Waals surface area (Å²) in [6.45, 7) is 0. The monoisotopic (exact) mass is 162 g/mol. The minimum atomic E-state index is -1.68. The molecule has 0 aliphatic rings. The molecule has 0 fully saturated rings. The Balaban J connectivity index is 4.25. The van der Waals surface area contributed by atoms with Crippen molar-refractivity contribution < 1.29 is 19.4 Å². The van der Waals surface area contributed by atoms with Crippen LogP contribution in [-0.2, 0) is 14.3 Å². The van der Waals surface area contributed by atoms with Gasteiger partial charge in [-0.15, -0.1) is 0 Å². The Morgan fingerprint density at radius 2 is 1.82 bits per heavy atom. The van der Waals surface area contributed by atoms with Gasteiger partial charge < -0.3 is 21.3 Å². The molecular formula is C5H10N2O4. The molecule has 0 rings (SSSR count). The number of primary amides is 2. The number of ether oxygens (including phenoxy) is 1. The smallest absolute Gasteiger partial charge is 0.249 e. The third-order valence-corrected chi connectivity index (χ3v) is 1.11. The largest absolute Gasteiger partial charge is 0.380 e. The highest BCUT2D eigenvalue weighted by atomic mass is 16.5. The van der Waals surface area contributed by atoms with Crippen molar-refractivity contribution >= 4 is 11.8 Å². The fourth-order valence-corrected chi connectivity index (χ4v) is 0.550. The van der Waals surface area contributed by atoms with E-state index in [1.165, 1.54) is 0 Å².